The van der Waals surface area contributed by atoms with E-state index in [1.807, 2.05) is 12.1 Å². The molecule has 17 heavy (non-hydrogen) atoms. The van der Waals surface area contributed by atoms with E-state index in [-0.39, 0.29) is 0 Å². The maximum Gasteiger partial charge on any atom is 0.220 e. The van der Waals surface area contributed by atoms with Crippen LogP contribution < -0.4 is 4.74 Å². The zero-order valence-corrected chi connectivity index (χ0v) is 8.79. The number of hydrogen-bond acceptors (Lipinski definition) is 4. The molecule has 0 spiro atoms. The van der Waals surface area contributed by atoms with Crippen LogP contribution in [0.25, 0.3) is 0 Å². The summed E-state index contributed by atoms with van der Waals surface area (Å²) >= 11 is 0. The van der Waals surface area contributed by atoms with Gasteiger partial charge in [-0.2, -0.15) is 10.5 Å². The minimum Gasteiger partial charge on any atom is -0.439 e. The summed E-state index contributed by atoms with van der Waals surface area (Å²) in [4.78, 5) is 3.98. The monoisotopic (exact) mass is 221 g/mol. The molecule has 0 aliphatic heterocycles. The molecule has 0 aliphatic carbocycles. The molecule has 0 saturated heterocycles. The lowest BCUT2D eigenvalue weighted by molar-refractivity contribution is 0.462. The second-order valence-electron chi connectivity index (χ2n) is 3.21. The first-order valence-corrected chi connectivity index (χ1v) is 4.87. The van der Waals surface area contributed by atoms with Gasteiger partial charge in [0.2, 0.25) is 5.88 Å². The van der Waals surface area contributed by atoms with E-state index in [1.165, 1.54) is 0 Å². The van der Waals surface area contributed by atoms with Crippen molar-refractivity contribution < 1.29 is 4.74 Å². The number of rotatable bonds is 2. The van der Waals surface area contributed by atoms with Gasteiger partial charge in [-0.05, 0) is 30.3 Å². The number of pyridine rings is 1. The van der Waals surface area contributed by atoms with Gasteiger partial charge >= 0.3 is 0 Å². The van der Waals surface area contributed by atoms with Crippen LogP contribution in [0.3, 0.4) is 0 Å². The molecule has 0 bridgehead atoms. The number of ether oxygens (including phenoxy) is 1. The average Bonchev–Trinajstić information content (AvgIpc) is 2.40. The van der Waals surface area contributed by atoms with Gasteiger partial charge in [0.25, 0.3) is 0 Å². The third-order valence-corrected chi connectivity index (χ3v) is 2.04. The van der Waals surface area contributed by atoms with Crippen molar-refractivity contribution >= 4 is 0 Å². The first-order valence-electron chi connectivity index (χ1n) is 4.87. The average molecular weight is 221 g/mol. The zero-order valence-electron chi connectivity index (χ0n) is 8.79. The van der Waals surface area contributed by atoms with E-state index in [4.69, 9.17) is 15.3 Å². The van der Waals surface area contributed by atoms with Crippen molar-refractivity contribution in [1.29, 1.82) is 10.5 Å². The number of aromatic nitrogens is 1. The SMILES string of the molecule is N#Cc1ccc(Oc2cccc(C#N)n2)cc1. The van der Waals surface area contributed by atoms with Gasteiger partial charge in [-0.3, -0.25) is 0 Å². The molecule has 0 atom stereocenters. The third-order valence-electron chi connectivity index (χ3n) is 2.04. The van der Waals surface area contributed by atoms with Crippen LogP contribution in [-0.4, -0.2) is 4.98 Å². The second-order valence-corrected chi connectivity index (χ2v) is 3.21. The highest BCUT2D eigenvalue weighted by Gasteiger charge is 2.00. The Bertz CT molecular complexity index is 606. The lowest BCUT2D eigenvalue weighted by atomic mass is 10.2. The van der Waals surface area contributed by atoms with Crippen molar-refractivity contribution in [2.45, 2.75) is 0 Å². The van der Waals surface area contributed by atoms with Gasteiger partial charge in [0.15, 0.2) is 0 Å². The fourth-order valence-corrected chi connectivity index (χ4v) is 1.25. The third kappa shape index (κ3) is 2.58. The lowest BCUT2D eigenvalue weighted by Gasteiger charge is -2.04. The first kappa shape index (κ1) is 10.7. The van der Waals surface area contributed by atoms with Gasteiger partial charge in [0, 0.05) is 6.07 Å². The van der Waals surface area contributed by atoms with Crippen LogP contribution >= 0.6 is 0 Å². The van der Waals surface area contributed by atoms with Gasteiger partial charge in [0.1, 0.15) is 17.5 Å². The molecule has 2 aromatic rings. The fraction of sp³-hybridized carbons (Fsp3) is 0. The van der Waals surface area contributed by atoms with Crippen LogP contribution in [-0.2, 0) is 0 Å². The van der Waals surface area contributed by atoms with E-state index in [1.54, 1.807) is 42.5 Å². The van der Waals surface area contributed by atoms with E-state index < -0.39 is 0 Å². The molecule has 0 fully saturated rings. The molecule has 1 aromatic carbocycles. The topological polar surface area (TPSA) is 69.7 Å². The predicted octanol–water partition coefficient (Wildman–Crippen LogP) is 2.62. The molecule has 4 nitrogen and oxygen atoms in total. The minimum atomic E-state index is 0.302. The Kier molecular flexibility index (Phi) is 3.00. The Morgan fingerprint density at radius 2 is 1.71 bits per heavy atom. The van der Waals surface area contributed by atoms with Crippen molar-refractivity contribution in [1.82, 2.24) is 4.98 Å². The Morgan fingerprint density at radius 3 is 2.35 bits per heavy atom. The van der Waals surface area contributed by atoms with Gasteiger partial charge in [-0.25, -0.2) is 4.98 Å². The number of hydrogen-bond donors (Lipinski definition) is 0. The highest BCUT2D eigenvalue weighted by Crippen LogP contribution is 2.19. The van der Waals surface area contributed by atoms with Crippen LogP contribution in [0.15, 0.2) is 42.5 Å². The van der Waals surface area contributed by atoms with E-state index in [0.717, 1.165) is 0 Å². The van der Waals surface area contributed by atoms with Gasteiger partial charge in [-0.15, -0.1) is 0 Å². The summed E-state index contributed by atoms with van der Waals surface area (Å²) in [6.45, 7) is 0. The molecule has 2 rings (SSSR count). The van der Waals surface area contributed by atoms with Crippen LogP contribution in [0.4, 0.5) is 0 Å². The Hall–Kier alpha value is -2.85. The Morgan fingerprint density at radius 1 is 0.941 bits per heavy atom. The minimum absolute atomic E-state index is 0.302. The van der Waals surface area contributed by atoms with E-state index in [9.17, 15) is 0 Å². The van der Waals surface area contributed by atoms with Crippen molar-refractivity contribution in [3.63, 3.8) is 0 Å². The van der Waals surface area contributed by atoms with Crippen molar-refractivity contribution in [2.24, 2.45) is 0 Å². The maximum absolute atomic E-state index is 8.69. The molecule has 0 radical (unpaired) electrons. The summed E-state index contributed by atoms with van der Waals surface area (Å²) in [5.41, 5.74) is 0.868. The number of nitrogens with zero attached hydrogens (tertiary/aromatic N) is 3. The molecule has 1 heterocycles. The Labute approximate surface area is 98.3 Å². The lowest BCUT2D eigenvalue weighted by Crippen LogP contribution is -1.89. The van der Waals surface area contributed by atoms with Crippen LogP contribution in [0.2, 0.25) is 0 Å². The van der Waals surface area contributed by atoms with Crippen molar-refractivity contribution in [2.75, 3.05) is 0 Å². The molecule has 0 amide bonds. The summed E-state index contributed by atoms with van der Waals surface area (Å²) < 4.78 is 5.45. The zero-order chi connectivity index (χ0) is 12.1. The second kappa shape index (κ2) is 4.78. The molecular formula is C13H7N3O. The van der Waals surface area contributed by atoms with Gasteiger partial charge < -0.3 is 4.74 Å². The molecule has 0 saturated carbocycles. The largest absolute Gasteiger partial charge is 0.439 e. The van der Waals surface area contributed by atoms with Crippen LogP contribution in [0, 0.1) is 22.7 Å². The highest BCUT2D eigenvalue weighted by atomic mass is 16.5. The standard InChI is InChI=1S/C13H7N3O/c14-8-10-4-6-12(7-5-10)17-13-3-1-2-11(9-15)16-13/h1-7H. The van der Waals surface area contributed by atoms with E-state index in [0.29, 0.717) is 22.9 Å². The summed E-state index contributed by atoms with van der Waals surface area (Å²) in [5.74, 6) is 0.931. The molecule has 80 valence electrons. The summed E-state index contributed by atoms with van der Waals surface area (Å²) in [7, 11) is 0. The predicted molar refractivity (Wildman–Crippen MR) is 60.2 cm³/mol. The van der Waals surface area contributed by atoms with Crippen molar-refractivity contribution in [3.8, 4) is 23.8 Å². The van der Waals surface area contributed by atoms with E-state index >= 15 is 0 Å². The van der Waals surface area contributed by atoms with Gasteiger partial charge in [0.05, 0.1) is 11.6 Å². The molecule has 4 heteroatoms. The Balaban J connectivity index is 2.20. The smallest absolute Gasteiger partial charge is 0.220 e. The molecule has 0 aliphatic rings. The quantitative estimate of drug-likeness (QED) is 0.781. The molecule has 1 aromatic heterocycles. The summed E-state index contributed by atoms with van der Waals surface area (Å²) in [6.07, 6.45) is 0. The molecule has 0 unspecified atom stereocenters. The number of nitriles is 2. The summed E-state index contributed by atoms with van der Waals surface area (Å²) in [6, 6.07) is 15.6. The van der Waals surface area contributed by atoms with Crippen molar-refractivity contribution in [3.05, 3.63) is 53.7 Å². The van der Waals surface area contributed by atoms with Crippen LogP contribution in [0.1, 0.15) is 11.3 Å². The van der Waals surface area contributed by atoms with Crippen LogP contribution in [0.5, 0.6) is 11.6 Å². The summed E-state index contributed by atoms with van der Waals surface area (Å²) in [5, 5.41) is 17.3. The first-order chi connectivity index (χ1) is 8.31. The number of benzene rings is 1. The molecular weight excluding hydrogens is 214 g/mol. The normalized spacial score (nSPS) is 9.06. The molecule has 0 N–H and O–H groups in total. The fourth-order valence-electron chi connectivity index (χ4n) is 1.25. The maximum atomic E-state index is 8.69. The van der Waals surface area contributed by atoms with E-state index in [2.05, 4.69) is 4.98 Å². The highest BCUT2D eigenvalue weighted by molar-refractivity contribution is 5.36. The van der Waals surface area contributed by atoms with Gasteiger partial charge in [-0.1, -0.05) is 6.07 Å².